The van der Waals surface area contributed by atoms with Gasteiger partial charge in [0.05, 0.1) is 5.56 Å². The molecule has 2 amide bonds. The Hall–Kier alpha value is -2.08. The number of piperazine rings is 1. The van der Waals surface area contributed by atoms with E-state index in [0.29, 0.717) is 0 Å². The lowest BCUT2D eigenvalue weighted by atomic mass is 10.0. The number of carbonyl (C=O) groups is 2. The summed E-state index contributed by atoms with van der Waals surface area (Å²) in [6, 6.07) is 9.01. The minimum atomic E-state index is 0.0378. The van der Waals surface area contributed by atoms with Crippen LogP contribution in [-0.2, 0) is 4.79 Å². The van der Waals surface area contributed by atoms with Gasteiger partial charge in [-0.15, -0.1) is 0 Å². The molecule has 3 fully saturated rings. The number of rotatable bonds is 4. The molecule has 1 N–H and O–H groups in total. The molecule has 0 radical (unpaired) electrons. The number of amides is 2. The molecular weight excluding hydrogens is 364 g/mol. The third-order valence-electron chi connectivity index (χ3n) is 6.82. The fourth-order valence-electron chi connectivity index (χ4n) is 5.21. The molecule has 6 nitrogen and oxygen atoms in total. The first-order chi connectivity index (χ1) is 14.1. The zero-order chi connectivity index (χ0) is 20.2. The number of hydrogen-bond donors (Lipinski definition) is 1. The molecule has 1 saturated carbocycles. The highest BCUT2D eigenvalue weighted by atomic mass is 16.2. The van der Waals surface area contributed by atoms with Crippen LogP contribution in [0.25, 0.3) is 0 Å². The van der Waals surface area contributed by atoms with Gasteiger partial charge in [0.2, 0.25) is 5.91 Å². The molecule has 2 heterocycles. The van der Waals surface area contributed by atoms with Crippen molar-refractivity contribution >= 4 is 17.5 Å². The second kappa shape index (κ2) is 9.16. The van der Waals surface area contributed by atoms with E-state index in [9.17, 15) is 9.59 Å². The van der Waals surface area contributed by atoms with E-state index in [4.69, 9.17) is 0 Å². The predicted octanol–water partition coefficient (Wildman–Crippen LogP) is 2.49. The third-order valence-corrected chi connectivity index (χ3v) is 6.82. The molecule has 1 aromatic rings. The first-order valence-electron chi connectivity index (χ1n) is 11.3. The van der Waals surface area contributed by atoms with E-state index < -0.39 is 0 Å². The standard InChI is InChI=1S/C23H34N4O2/c1-18(28)24-19-10-12-26(13-11-19)22-9-5-4-8-21(22)23(29)27-16-14-25(15-17-27)20-6-2-3-7-20/h4-5,8-9,19-20H,2-3,6-7,10-17H2,1H3,(H,24,28). The Morgan fingerprint density at radius 1 is 0.897 bits per heavy atom. The van der Waals surface area contributed by atoms with Gasteiger partial charge in [0.1, 0.15) is 0 Å². The second-order valence-electron chi connectivity index (χ2n) is 8.75. The van der Waals surface area contributed by atoms with Crippen molar-refractivity contribution in [2.24, 2.45) is 0 Å². The summed E-state index contributed by atoms with van der Waals surface area (Å²) in [5.74, 6) is 0.200. The zero-order valence-corrected chi connectivity index (χ0v) is 17.6. The lowest BCUT2D eigenvalue weighted by Gasteiger charge is -2.39. The fraction of sp³-hybridized carbons (Fsp3) is 0.652. The van der Waals surface area contributed by atoms with E-state index in [0.717, 1.165) is 69.4 Å². The summed E-state index contributed by atoms with van der Waals surface area (Å²) in [6.07, 6.45) is 7.20. The third kappa shape index (κ3) is 4.74. The van der Waals surface area contributed by atoms with Crippen LogP contribution in [0.4, 0.5) is 5.69 Å². The quantitative estimate of drug-likeness (QED) is 0.847. The fourth-order valence-corrected chi connectivity index (χ4v) is 5.21. The van der Waals surface area contributed by atoms with Crippen molar-refractivity contribution in [2.75, 3.05) is 44.2 Å². The van der Waals surface area contributed by atoms with Gasteiger partial charge in [0.25, 0.3) is 5.91 Å². The maximum absolute atomic E-state index is 13.3. The molecule has 0 spiro atoms. The van der Waals surface area contributed by atoms with Crippen molar-refractivity contribution in [1.29, 1.82) is 0 Å². The molecule has 3 aliphatic rings. The van der Waals surface area contributed by atoms with Crippen molar-refractivity contribution in [1.82, 2.24) is 15.1 Å². The molecule has 0 aromatic heterocycles. The number of hydrogen-bond acceptors (Lipinski definition) is 4. The highest BCUT2D eigenvalue weighted by Gasteiger charge is 2.30. The lowest BCUT2D eigenvalue weighted by Crippen LogP contribution is -2.51. The van der Waals surface area contributed by atoms with Gasteiger partial charge in [-0.25, -0.2) is 0 Å². The average molecular weight is 399 g/mol. The first kappa shape index (κ1) is 20.2. The topological polar surface area (TPSA) is 55.9 Å². The molecule has 29 heavy (non-hydrogen) atoms. The van der Waals surface area contributed by atoms with Crippen molar-refractivity contribution < 1.29 is 9.59 Å². The number of para-hydroxylation sites is 1. The largest absolute Gasteiger partial charge is 0.371 e. The Balaban J connectivity index is 1.38. The van der Waals surface area contributed by atoms with Gasteiger partial charge >= 0.3 is 0 Å². The van der Waals surface area contributed by atoms with Gasteiger partial charge in [0, 0.05) is 64.0 Å². The highest BCUT2D eigenvalue weighted by Crippen LogP contribution is 2.27. The molecule has 0 atom stereocenters. The highest BCUT2D eigenvalue weighted by molar-refractivity contribution is 6.00. The summed E-state index contributed by atoms with van der Waals surface area (Å²) < 4.78 is 0. The lowest BCUT2D eigenvalue weighted by molar-refractivity contribution is -0.119. The molecule has 158 valence electrons. The van der Waals surface area contributed by atoms with Crippen LogP contribution in [0.2, 0.25) is 0 Å². The Bertz CT molecular complexity index is 715. The molecule has 2 saturated heterocycles. The van der Waals surface area contributed by atoms with Crippen LogP contribution >= 0.6 is 0 Å². The van der Waals surface area contributed by atoms with Crippen LogP contribution in [-0.4, -0.2) is 73.0 Å². The van der Waals surface area contributed by atoms with Crippen LogP contribution in [0.15, 0.2) is 24.3 Å². The minimum Gasteiger partial charge on any atom is -0.371 e. The smallest absolute Gasteiger partial charge is 0.256 e. The van der Waals surface area contributed by atoms with E-state index in [-0.39, 0.29) is 17.9 Å². The summed E-state index contributed by atoms with van der Waals surface area (Å²) >= 11 is 0. The van der Waals surface area contributed by atoms with E-state index in [1.165, 1.54) is 25.7 Å². The van der Waals surface area contributed by atoms with Gasteiger partial charge in [-0.2, -0.15) is 0 Å². The number of anilines is 1. The minimum absolute atomic E-state index is 0.0378. The van der Waals surface area contributed by atoms with E-state index in [2.05, 4.69) is 21.2 Å². The van der Waals surface area contributed by atoms with Gasteiger partial charge in [-0.3, -0.25) is 14.5 Å². The van der Waals surface area contributed by atoms with Crippen LogP contribution in [0.1, 0.15) is 55.8 Å². The van der Waals surface area contributed by atoms with E-state index in [1.807, 2.05) is 23.1 Å². The molecule has 4 rings (SSSR count). The Morgan fingerprint density at radius 2 is 1.55 bits per heavy atom. The number of nitrogens with one attached hydrogen (secondary N) is 1. The summed E-state index contributed by atoms with van der Waals surface area (Å²) in [5, 5.41) is 3.02. The van der Waals surface area contributed by atoms with Crippen LogP contribution < -0.4 is 10.2 Å². The molecule has 2 aliphatic heterocycles. The monoisotopic (exact) mass is 398 g/mol. The number of piperidine rings is 1. The SMILES string of the molecule is CC(=O)NC1CCN(c2ccccc2C(=O)N2CCN(C3CCCC3)CC2)CC1. The molecule has 1 aromatic carbocycles. The average Bonchev–Trinajstić information content (AvgIpc) is 3.28. The van der Waals surface area contributed by atoms with Crippen LogP contribution in [0.5, 0.6) is 0 Å². The zero-order valence-electron chi connectivity index (χ0n) is 17.6. The summed E-state index contributed by atoms with van der Waals surface area (Å²) in [7, 11) is 0. The second-order valence-corrected chi connectivity index (χ2v) is 8.75. The van der Waals surface area contributed by atoms with Crippen LogP contribution in [0, 0.1) is 0 Å². The Labute approximate surface area is 174 Å². The molecule has 0 bridgehead atoms. The normalized spacial score (nSPS) is 22.1. The van der Waals surface area contributed by atoms with Gasteiger partial charge in [-0.05, 0) is 37.8 Å². The van der Waals surface area contributed by atoms with Crippen LogP contribution in [0.3, 0.4) is 0 Å². The summed E-state index contributed by atoms with van der Waals surface area (Å²) in [5.41, 5.74) is 1.86. The molecular formula is C23H34N4O2. The number of benzene rings is 1. The van der Waals surface area contributed by atoms with E-state index in [1.54, 1.807) is 6.92 Å². The molecule has 6 heteroatoms. The maximum Gasteiger partial charge on any atom is 0.256 e. The Morgan fingerprint density at radius 3 is 2.21 bits per heavy atom. The number of nitrogens with zero attached hydrogens (tertiary/aromatic N) is 3. The van der Waals surface area contributed by atoms with E-state index >= 15 is 0 Å². The van der Waals surface area contributed by atoms with Crippen molar-refractivity contribution in [3.63, 3.8) is 0 Å². The van der Waals surface area contributed by atoms with Gasteiger partial charge in [0.15, 0.2) is 0 Å². The van der Waals surface area contributed by atoms with Gasteiger partial charge < -0.3 is 15.1 Å². The van der Waals surface area contributed by atoms with Crippen molar-refractivity contribution in [3.05, 3.63) is 29.8 Å². The van der Waals surface area contributed by atoms with Crippen molar-refractivity contribution in [3.8, 4) is 0 Å². The van der Waals surface area contributed by atoms with Gasteiger partial charge in [-0.1, -0.05) is 25.0 Å². The molecule has 1 aliphatic carbocycles. The number of carbonyl (C=O) groups excluding carboxylic acids is 2. The maximum atomic E-state index is 13.3. The molecule has 0 unspecified atom stereocenters. The first-order valence-corrected chi connectivity index (χ1v) is 11.3. The summed E-state index contributed by atoms with van der Waals surface area (Å²) in [4.78, 5) is 31.6. The summed E-state index contributed by atoms with van der Waals surface area (Å²) in [6.45, 7) is 6.96. The Kier molecular flexibility index (Phi) is 6.38. The predicted molar refractivity (Wildman–Crippen MR) is 115 cm³/mol. The van der Waals surface area contributed by atoms with Crippen molar-refractivity contribution in [2.45, 2.75) is 57.5 Å².